The van der Waals surface area contributed by atoms with Gasteiger partial charge in [0, 0.05) is 131 Å². The van der Waals surface area contributed by atoms with Crippen molar-refractivity contribution in [2.75, 3.05) is 35.0 Å². The third kappa shape index (κ3) is 22.6. The predicted molar refractivity (Wildman–Crippen MR) is 473 cm³/mol. The maximum absolute atomic E-state index is 13.1. The van der Waals surface area contributed by atoms with Crippen molar-refractivity contribution in [3.05, 3.63) is 234 Å². The number of anilines is 4. The highest BCUT2D eigenvalue weighted by Gasteiger charge is 2.35. The molecule has 47 heteroatoms. The third-order valence-corrected chi connectivity index (χ3v) is 22.9. The van der Waals surface area contributed by atoms with E-state index in [1.54, 1.807) is 156 Å². The number of nitrogens with zero attached hydrogens (tertiary/aromatic N) is 23. The molecule has 16 heterocycles. The number of aliphatic hydroxyl groups excluding tert-OH is 2. The molecule has 16 aromatic heterocycles. The van der Waals surface area contributed by atoms with E-state index in [1.165, 1.54) is 51.5 Å². The quantitative estimate of drug-likeness (QED) is 0.0225. The predicted octanol–water partition coefficient (Wildman–Crippen LogP) is 12.9. The van der Waals surface area contributed by atoms with E-state index in [4.69, 9.17) is 19.4 Å². The van der Waals surface area contributed by atoms with Crippen LogP contribution in [0.4, 0.5) is 35.9 Å². The van der Waals surface area contributed by atoms with Crippen molar-refractivity contribution in [2.24, 2.45) is 0 Å². The summed E-state index contributed by atoms with van der Waals surface area (Å²) in [5.41, 5.74) is 11.1. The van der Waals surface area contributed by atoms with Crippen molar-refractivity contribution in [3.8, 4) is 93.7 Å². The number of rotatable bonds is 26. The average Bonchev–Trinajstić information content (AvgIpc) is 1.65. The number of aromatic amines is 3. The van der Waals surface area contributed by atoms with E-state index in [0.717, 1.165) is 68.0 Å². The average molecular weight is 1840 g/mol. The summed E-state index contributed by atoms with van der Waals surface area (Å²) in [5, 5.41) is 89.2. The summed E-state index contributed by atoms with van der Waals surface area (Å²) >= 11 is 5.38. The number of benzene rings is 1. The molecule has 40 nitrogen and oxygen atoms in total. The molecule has 0 radical (unpaired) electrons. The molecular weight excluding hydrogens is 1760 g/mol. The van der Waals surface area contributed by atoms with E-state index in [0.29, 0.717) is 109 Å². The van der Waals surface area contributed by atoms with Crippen molar-refractivity contribution >= 4 is 98.2 Å². The maximum atomic E-state index is 13.1. The number of pyridine rings is 2. The molecule has 664 valence electrons. The van der Waals surface area contributed by atoms with Crippen molar-refractivity contribution in [1.29, 1.82) is 0 Å². The monoisotopic (exact) mass is 1840 g/mol. The van der Waals surface area contributed by atoms with Gasteiger partial charge in [-0.2, -0.15) is 54.0 Å². The molecule has 2 aliphatic carbocycles. The fourth-order valence-corrected chi connectivity index (χ4v) is 16.2. The van der Waals surface area contributed by atoms with Gasteiger partial charge in [0.05, 0.1) is 121 Å². The highest BCUT2D eigenvalue weighted by molar-refractivity contribution is 7.14. The molecule has 0 bridgehead atoms. The van der Waals surface area contributed by atoms with Crippen molar-refractivity contribution < 1.29 is 61.9 Å². The SMILES string of the molecule is CCOC1CC(n2cc(NC(=O)c3csc(-c4cn[nH]c4)n3)c(-c3ncccn3)n2)C1.COc1ccc(Cn2cc(-c3nc(C(=O)Nc4cn(CC(C)O)nc4-c4ccccn4)cs3)cn2)cc1.Cc1[nH]ncc1-c1nc(C(=O)Nc2cn(CC(F)(F)F)nc2-c2ccccn2)cs1.O=C(Nc1cn(C2CC(O)C2)nc1-c1cnccn1)c1csc(-c2cn[nH]c2)n1.O=CO. The topological polar surface area (TPSA) is 517 Å². The van der Waals surface area contributed by atoms with Crippen LogP contribution in [0.2, 0.25) is 0 Å². The van der Waals surface area contributed by atoms with Gasteiger partial charge in [0.2, 0.25) is 0 Å². The Morgan fingerprint density at radius 2 is 1.05 bits per heavy atom. The molecule has 2 aliphatic rings. The Kier molecular flexibility index (Phi) is 28.5. The van der Waals surface area contributed by atoms with E-state index >= 15 is 0 Å². The van der Waals surface area contributed by atoms with Crippen LogP contribution in [0.25, 0.3) is 88.0 Å². The molecule has 1 aromatic carbocycles. The molecule has 1 atom stereocenters. The number of nitrogens with one attached hydrogen (secondary N) is 7. The Labute approximate surface area is 750 Å². The van der Waals surface area contributed by atoms with Gasteiger partial charge in [0.25, 0.3) is 30.1 Å². The fourth-order valence-electron chi connectivity index (χ4n) is 13.0. The van der Waals surface area contributed by atoms with Gasteiger partial charge in [-0.25, -0.2) is 29.9 Å². The molecule has 10 N–H and O–H groups in total. The number of aryl methyl sites for hydroxylation is 1. The van der Waals surface area contributed by atoms with Crippen molar-refractivity contribution in [2.45, 2.75) is 103 Å². The molecule has 0 spiro atoms. The number of H-pyrrole nitrogens is 3. The third-order valence-electron chi connectivity index (χ3n) is 19.4. The minimum absolute atomic E-state index is 0.0954. The van der Waals surface area contributed by atoms with Gasteiger partial charge in [0.15, 0.2) is 11.5 Å². The summed E-state index contributed by atoms with van der Waals surface area (Å²) in [7, 11) is 1.64. The van der Waals surface area contributed by atoms with Crippen LogP contribution in [0, 0.1) is 6.92 Å². The maximum Gasteiger partial charge on any atom is 0.408 e. The Bertz CT molecular complexity index is 6600. The molecule has 17 aromatic rings. The van der Waals surface area contributed by atoms with E-state index in [1.807, 2.05) is 78.1 Å². The first-order valence-electron chi connectivity index (χ1n) is 39.6. The number of thiazole rings is 4. The number of hydrogen-bond acceptors (Lipinski definition) is 31. The highest BCUT2D eigenvalue weighted by Crippen LogP contribution is 2.40. The molecule has 2 saturated carbocycles. The second-order valence-corrected chi connectivity index (χ2v) is 32.1. The lowest BCUT2D eigenvalue weighted by atomic mass is 9.89. The number of carbonyl (C=O) groups is 5. The fraction of sp³-hybridized carbons (Fsp3) is 0.217. The summed E-state index contributed by atoms with van der Waals surface area (Å²) in [6.07, 6.45) is 27.6. The zero-order valence-electron chi connectivity index (χ0n) is 68.9. The smallest absolute Gasteiger partial charge is 0.408 e. The number of carbonyl (C=O) groups excluding carboxylic acids is 4. The van der Waals surface area contributed by atoms with Gasteiger partial charge >= 0.3 is 6.18 Å². The van der Waals surface area contributed by atoms with Crippen LogP contribution in [-0.4, -0.2) is 213 Å². The van der Waals surface area contributed by atoms with E-state index in [-0.39, 0.29) is 77.8 Å². The number of ether oxygens (including phenoxy) is 2. The molecule has 0 saturated heterocycles. The first-order valence-corrected chi connectivity index (χ1v) is 43.1. The molecule has 130 heavy (non-hydrogen) atoms. The van der Waals surface area contributed by atoms with Crippen LogP contribution in [0.3, 0.4) is 0 Å². The zero-order chi connectivity index (χ0) is 90.8. The number of hydrogen-bond donors (Lipinski definition) is 10. The van der Waals surface area contributed by atoms with Crippen LogP contribution in [-0.2, 0) is 29.2 Å². The second kappa shape index (κ2) is 41.4. The second-order valence-electron chi connectivity index (χ2n) is 28.7. The van der Waals surface area contributed by atoms with Gasteiger partial charge in [-0.1, -0.05) is 24.3 Å². The first-order chi connectivity index (χ1) is 63.1. The number of methoxy groups -OCH3 is 1. The van der Waals surface area contributed by atoms with Gasteiger partial charge in [-0.3, -0.25) is 82.6 Å². The number of aromatic nitrogens is 26. The van der Waals surface area contributed by atoms with Crippen molar-refractivity contribution in [3.63, 3.8) is 0 Å². The Hall–Kier alpha value is -15.3. The van der Waals surface area contributed by atoms with Crippen LogP contribution in [0.15, 0.2) is 200 Å². The van der Waals surface area contributed by atoms with Crippen LogP contribution in [0.1, 0.15) is 105 Å². The Morgan fingerprint density at radius 1 is 0.562 bits per heavy atom. The summed E-state index contributed by atoms with van der Waals surface area (Å²) in [5.74, 6) is -0.322. The van der Waals surface area contributed by atoms with Crippen molar-refractivity contribution in [1.82, 2.24) is 129 Å². The van der Waals surface area contributed by atoms with Gasteiger partial charge in [0.1, 0.15) is 77.9 Å². The van der Waals surface area contributed by atoms with Crippen LogP contribution >= 0.6 is 45.3 Å². The number of alkyl halides is 3. The van der Waals surface area contributed by atoms with E-state index in [9.17, 15) is 42.6 Å². The molecule has 19 rings (SSSR count). The Balaban J connectivity index is 0.000000132. The standard InChI is InChI=1S/C26H25N7O3S.C20H20N8O2S.C18H14F3N7OS.C18H16N8O2S.CH2O2/c1-17(34)12-33-15-22(24(31-33)21-5-3-4-10-27-21)29-25(35)23-16-37-26(30-23)19-11-28-32(14-19)13-18-6-8-20(36-2)9-7-18;1-2-30-14-6-13(7-14)28-10-15(17(27-28)18-21-4-3-5-22-18)25-19(29)16-11-31-20(26-16)12-8-23-24-9-12;1-10-11(6-23-26-10)17-25-14(8-30-17)16(29)24-13-7-28(9-18(19,20)21)27-15(13)12-4-2-3-5-22-12;27-12-3-11(4-12)26-8-14(16(25-26)13-7-19-1-2-20-13)23-17(28)15-9-29-18(24-15)10-5-21-22-6-10;2-1-3/h3-11,14-17,34H,12-13H2,1-2H3,(H,29,35);3-5,8-11,13-14H,2,6-7H2,1H3,(H,23,24)(H,25,29);2-8H,9H2,1H3,(H,23,26)(H,24,29);1-2,5-9,11-12,27H,3-4H2,(H,21,22)(H,23,28);1H,(H,2,3). The number of halogens is 3. The largest absolute Gasteiger partial charge is 0.497 e. The minimum Gasteiger partial charge on any atom is -0.497 e. The van der Waals surface area contributed by atoms with Gasteiger partial charge in [-0.15, -0.1) is 45.3 Å². The molecule has 4 amide bonds. The summed E-state index contributed by atoms with van der Waals surface area (Å²) < 4.78 is 57.0. The van der Waals surface area contributed by atoms with E-state index in [2.05, 4.69) is 127 Å². The Morgan fingerprint density at radius 3 is 1.54 bits per heavy atom. The van der Waals surface area contributed by atoms with Crippen LogP contribution < -0.4 is 26.0 Å². The summed E-state index contributed by atoms with van der Waals surface area (Å²) in [4.78, 5) is 103. The number of carboxylic acid groups (broad SMARTS) is 1. The van der Waals surface area contributed by atoms with Gasteiger partial charge in [-0.05, 0) is 94.5 Å². The number of amides is 4. The molecule has 2 fully saturated rings. The lowest BCUT2D eigenvalue weighted by molar-refractivity contribution is -0.142. The zero-order valence-corrected chi connectivity index (χ0v) is 72.2. The molecule has 1 unspecified atom stereocenters. The normalized spacial score (nSPS) is 14.5. The minimum atomic E-state index is -4.46. The van der Waals surface area contributed by atoms with Gasteiger partial charge < -0.3 is 46.1 Å². The summed E-state index contributed by atoms with van der Waals surface area (Å²) in [6.45, 7) is 5.56. The lowest BCUT2D eigenvalue weighted by Crippen LogP contribution is -2.33. The highest BCUT2D eigenvalue weighted by atomic mass is 32.1. The summed E-state index contributed by atoms with van der Waals surface area (Å²) in [6, 6.07) is 20.3. The first kappa shape index (κ1) is 89.5. The molecule has 0 aliphatic heterocycles. The number of aliphatic hydroxyl groups is 2. The molecular formula is C83H77F3N30O10S4. The van der Waals surface area contributed by atoms with E-state index < -0.39 is 24.7 Å². The lowest BCUT2D eigenvalue weighted by Gasteiger charge is -2.34. The van der Waals surface area contributed by atoms with Crippen LogP contribution in [0.5, 0.6) is 5.75 Å².